The van der Waals surface area contributed by atoms with Gasteiger partial charge in [0.1, 0.15) is 0 Å². The van der Waals surface area contributed by atoms with E-state index in [1.807, 2.05) is 0 Å². The summed E-state index contributed by atoms with van der Waals surface area (Å²) < 4.78 is 1.44. The predicted octanol–water partition coefficient (Wildman–Crippen LogP) is 1.35. The van der Waals surface area contributed by atoms with Crippen molar-refractivity contribution in [2.24, 2.45) is 0 Å². The normalized spacial score (nSPS) is 8.73. The average molecular weight is 222 g/mol. The van der Waals surface area contributed by atoms with Crippen LogP contribution in [0.3, 0.4) is 0 Å². The summed E-state index contributed by atoms with van der Waals surface area (Å²) in [5, 5.41) is 0. The third kappa shape index (κ3) is 3.22. The van der Waals surface area contributed by atoms with Crippen LogP contribution in [0.5, 0.6) is 0 Å². The van der Waals surface area contributed by atoms with Gasteiger partial charge in [-0.05, 0) is 0 Å². The van der Waals surface area contributed by atoms with Crippen molar-refractivity contribution in [1.82, 2.24) is 0 Å². The van der Waals surface area contributed by atoms with E-state index in [1.165, 1.54) is 28.1 Å². The van der Waals surface area contributed by atoms with Crippen molar-refractivity contribution in [1.29, 1.82) is 0 Å². The minimum atomic E-state index is 0. The smallest absolute Gasteiger partial charge is 0.147 e. The van der Waals surface area contributed by atoms with Gasteiger partial charge >= 0.3 is 71.4 Å². The molecule has 0 spiro atoms. The van der Waals surface area contributed by atoms with Crippen LogP contribution in [0.25, 0.3) is 0 Å². The van der Waals surface area contributed by atoms with Crippen molar-refractivity contribution >= 4 is 22.3 Å². The summed E-state index contributed by atoms with van der Waals surface area (Å²) >= 11 is 1.24. The zero-order chi connectivity index (χ0) is 7.56. The van der Waals surface area contributed by atoms with E-state index < -0.39 is 0 Å². The van der Waals surface area contributed by atoms with Crippen LogP contribution in [0.1, 0.15) is 0 Å². The Bertz CT molecular complexity index is 208. The Morgan fingerprint density at radius 3 is 1.91 bits per heavy atom. The molecule has 3 heteroatoms. The van der Waals surface area contributed by atoms with Crippen LogP contribution in [-0.2, 0) is 18.3 Å². The molecule has 1 rings (SSSR count). The second-order valence-electron chi connectivity index (χ2n) is 2.56. The molecule has 11 heavy (non-hydrogen) atoms. The second-order valence-corrected chi connectivity index (χ2v) is 4.27. The topological polar surface area (TPSA) is 3.24 Å². The number of anilines is 1. The summed E-state index contributed by atoms with van der Waals surface area (Å²) in [6, 6.07) is 8.66. The first-order valence-corrected chi connectivity index (χ1v) is 4.78. The number of halogens is 1. The van der Waals surface area contributed by atoms with Gasteiger partial charge in [-0.15, -0.1) is 12.4 Å². The number of benzene rings is 1. The van der Waals surface area contributed by atoms with Crippen molar-refractivity contribution in [2.75, 3.05) is 19.0 Å². The molecule has 0 bridgehead atoms. The number of rotatable bonds is 1. The van der Waals surface area contributed by atoms with E-state index in [9.17, 15) is 0 Å². The average Bonchev–Trinajstić information content (AvgIpc) is 1.88. The van der Waals surface area contributed by atoms with Crippen LogP contribution in [0.2, 0.25) is 0 Å². The molecular formula is C8H11ClNZn. The maximum atomic E-state index is 2.18. The van der Waals surface area contributed by atoms with Gasteiger partial charge in [0, 0.05) is 0 Å². The molecule has 0 aliphatic rings. The molecule has 0 heterocycles. The monoisotopic (exact) mass is 220 g/mol. The Kier molecular flexibility index (Phi) is 4.71. The van der Waals surface area contributed by atoms with Crippen LogP contribution in [0.15, 0.2) is 24.3 Å². The fraction of sp³-hybridized carbons (Fsp3) is 0.250. The molecule has 0 fully saturated rings. The minimum absolute atomic E-state index is 0. The van der Waals surface area contributed by atoms with Gasteiger partial charge in [-0.25, -0.2) is 0 Å². The minimum Gasteiger partial charge on any atom is -0.147 e. The molecule has 1 nitrogen and oxygen atoms in total. The Morgan fingerprint density at radius 2 is 1.55 bits per heavy atom. The summed E-state index contributed by atoms with van der Waals surface area (Å²) in [4.78, 5) is 2.11. The Morgan fingerprint density at radius 1 is 1.09 bits per heavy atom. The SMILES string of the molecule is CN(C)c1cc[c]([Zn])cc1.Cl. The predicted molar refractivity (Wildman–Crippen MR) is 47.7 cm³/mol. The molecule has 0 saturated carbocycles. The molecule has 1 aromatic carbocycles. The van der Waals surface area contributed by atoms with Gasteiger partial charge in [0.2, 0.25) is 0 Å². The molecule has 0 unspecified atom stereocenters. The van der Waals surface area contributed by atoms with Gasteiger partial charge in [0.25, 0.3) is 0 Å². The summed E-state index contributed by atoms with van der Waals surface area (Å²) in [5.41, 5.74) is 1.28. The van der Waals surface area contributed by atoms with Gasteiger partial charge < -0.3 is 0 Å². The van der Waals surface area contributed by atoms with Crippen molar-refractivity contribution in [3.63, 3.8) is 0 Å². The molecule has 0 saturated heterocycles. The summed E-state index contributed by atoms with van der Waals surface area (Å²) in [6.07, 6.45) is 0. The molecule has 0 aromatic heterocycles. The first-order valence-electron chi connectivity index (χ1n) is 3.29. The molecule has 0 amide bonds. The first kappa shape index (κ1) is 10.9. The molecule has 0 N–H and O–H groups in total. The van der Waals surface area contributed by atoms with Crippen LogP contribution in [0.4, 0.5) is 5.69 Å². The van der Waals surface area contributed by atoms with Gasteiger partial charge in [-0.2, -0.15) is 0 Å². The van der Waals surface area contributed by atoms with Crippen molar-refractivity contribution in [3.8, 4) is 0 Å². The molecular weight excluding hydrogens is 211 g/mol. The van der Waals surface area contributed by atoms with Gasteiger partial charge in [0.15, 0.2) is 0 Å². The molecule has 1 aromatic rings. The number of nitrogens with zero attached hydrogens (tertiary/aromatic N) is 1. The van der Waals surface area contributed by atoms with Gasteiger partial charge in [-0.3, -0.25) is 0 Å². The van der Waals surface area contributed by atoms with Gasteiger partial charge in [0.05, 0.1) is 0 Å². The molecule has 0 radical (unpaired) electrons. The number of hydrogen-bond donors (Lipinski definition) is 0. The maximum Gasteiger partial charge on any atom is -0.147 e. The van der Waals surface area contributed by atoms with Gasteiger partial charge in [-0.1, -0.05) is 0 Å². The summed E-state index contributed by atoms with van der Waals surface area (Å²) in [5.74, 6) is 0. The molecule has 0 atom stereocenters. The van der Waals surface area contributed by atoms with E-state index in [-0.39, 0.29) is 12.4 Å². The Hall–Kier alpha value is -0.0666. The van der Waals surface area contributed by atoms with Crippen LogP contribution in [-0.4, -0.2) is 14.1 Å². The molecule has 0 aliphatic heterocycles. The molecule has 0 aliphatic carbocycles. The van der Waals surface area contributed by atoms with Crippen molar-refractivity contribution in [3.05, 3.63) is 24.3 Å². The zero-order valence-electron chi connectivity index (χ0n) is 6.87. The standard InChI is InChI=1S/C8H10N.ClH.Zn/c1-9(2)8-6-4-3-5-7-8;;/h4-7H,1-2H3;1H;. The van der Waals surface area contributed by atoms with Crippen LogP contribution in [0, 0.1) is 0 Å². The summed E-state index contributed by atoms with van der Waals surface area (Å²) in [7, 11) is 4.11. The largest absolute Gasteiger partial charge is 0.147 e. The first-order chi connectivity index (χ1) is 4.70. The van der Waals surface area contributed by atoms with Crippen molar-refractivity contribution in [2.45, 2.75) is 0 Å². The van der Waals surface area contributed by atoms with Crippen LogP contribution < -0.4 is 9.06 Å². The maximum absolute atomic E-state index is 2.18. The van der Waals surface area contributed by atoms with E-state index in [1.54, 1.807) is 0 Å². The van der Waals surface area contributed by atoms with E-state index in [2.05, 4.69) is 43.3 Å². The van der Waals surface area contributed by atoms with E-state index in [4.69, 9.17) is 0 Å². The fourth-order valence-corrected chi connectivity index (χ4v) is 1.29. The second kappa shape index (κ2) is 4.74. The molecule has 57 valence electrons. The Labute approximate surface area is 83.9 Å². The van der Waals surface area contributed by atoms with E-state index in [0.29, 0.717) is 0 Å². The fourth-order valence-electron chi connectivity index (χ4n) is 0.794. The van der Waals surface area contributed by atoms with E-state index in [0.717, 1.165) is 0 Å². The third-order valence-electron chi connectivity index (χ3n) is 1.45. The van der Waals surface area contributed by atoms with Crippen molar-refractivity contribution < 1.29 is 18.3 Å². The van der Waals surface area contributed by atoms with Crippen LogP contribution >= 0.6 is 12.4 Å². The third-order valence-corrected chi connectivity index (χ3v) is 2.44. The number of hydrogen-bond acceptors (Lipinski definition) is 1. The van der Waals surface area contributed by atoms with E-state index >= 15 is 0 Å². The Balaban J connectivity index is 0.000001000. The zero-order valence-corrected chi connectivity index (χ0v) is 10.7. The quantitative estimate of drug-likeness (QED) is 0.648. The summed E-state index contributed by atoms with van der Waals surface area (Å²) in [6.45, 7) is 0.